The lowest BCUT2D eigenvalue weighted by molar-refractivity contribution is 0.102. The van der Waals surface area contributed by atoms with Crippen molar-refractivity contribution >= 4 is 17.4 Å². The van der Waals surface area contributed by atoms with Crippen molar-refractivity contribution in [1.82, 2.24) is 9.97 Å². The van der Waals surface area contributed by atoms with Crippen LogP contribution in [0.1, 0.15) is 39.9 Å². The highest BCUT2D eigenvalue weighted by Gasteiger charge is 2.12. The van der Waals surface area contributed by atoms with Gasteiger partial charge in [-0.1, -0.05) is 49.4 Å². The number of nitrogens with zero attached hydrogens (tertiary/aromatic N) is 2. The van der Waals surface area contributed by atoms with Crippen LogP contribution in [0.2, 0.25) is 0 Å². The van der Waals surface area contributed by atoms with Crippen molar-refractivity contribution < 1.29 is 4.79 Å². The minimum Gasteiger partial charge on any atom is -0.366 e. The van der Waals surface area contributed by atoms with Crippen LogP contribution in [0.4, 0.5) is 11.5 Å². The fraction of sp³-hybridized carbons (Fsp3) is 0.227. The van der Waals surface area contributed by atoms with Crippen LogP contribution in [0.25, 0.3) is 0 Å². The Morgan fingerprint density at radius 1 is 0.963 bits per heavy atom. The van der Waals surface area contributed by atoms with Crippen LogP contribution in [0.3, 0.4) is 0 Å². The topological polar surface area (TPSA) is 66.9 Å². The molecule has 0 saturated carbocycles. The van der Waals surface area contributed by atoms with E-state index in [0.717, 1.165) is 17.7 Å². The largest absolute Gasteiger partial charge is 0.366 e. The fourth-order valence-corrected chi connectivity index (χ4v) is 2.91. The summed E-state index contributed by atoms with van der Waals surface area (Å²) < 4.78 is 0. The van der Waals surface area contributed by atoms with Crippen molar-refractivity contribution in [3.8, 4) is 0 Å². The first-order valence-corrected chi connectivity index (χ1v) is 9.10. The zero-order valence-corrected chi connectivity index (χ0v) is 15.9. The summed E-state index contributed by atoms with van der Waals surface area (Å²) in [4.78, 5) is 21.4. The number of carbonyl (C=O) groups excluding carboxylic acids is 1. The van der Waals surface area contributed by atoms with Gasteiger partial charge in [-0.2, -0.15) is 0 Å². The molecule has 1 aromatic heterocycles. The van der Waals surface area contributed by atoms with Gasteiger partial charge >= 0.3 is 0 Å². The van der Waals surface area contributed by atoms with E-state index in [1.165, 1.54) is 11.1 Å². The van der Waals surface area contributed by atoms with Crippen molar-refractivity contribution in [2.45, 2.75) is 33.7 Å². The summed E-state index contributed by atoms with van der Waals surface area (Å²) in [5, 5.41) is 6.25. The summed E-state index contributed by atoms with van der Waals surface area (Å²) in [6, 6.07) is 17.7. The monoisotopic (exact) mass is 360 g/mol. The highest BCUT2D eigenvalue weighted by Crippen LogP contribution is 2.17. The molecule has 0 saturated heterocycles. The number of aryl methyl sites for hydroxylation is 3. The van der Waals surface area contributed by atoms with Crippen molar-refractivity contribution in [2.75, 3.05) is 10.6 Å². The van der Waals surface area contributed by atoms with Gasteiger partial charge in [-0.05, 0) is 43.0 Å². The van der Waals surface area contributed by atoms with Crippen LogP contribution in [-0.2, 0) is 13.0 Å². The summed E-state index contributed by atoms with van der Waals surface area (Å²) >= 11 is 0. The van der Waals surface area contributed by atoms with Crippen LogP contribution in [0, 0.1) is 13.8 Å². The third-order valence-electron chi connectivity index (χ3n) is 4.44. The number of rotatable bonds is 6. The Balaban J connectivity index is 1.76. The second-order valence-electron chi connectivity index (χ2n) is 6.43. The highest BCUT2D eigenvalue weighted by atomic mass is 16.1. The van der Waals surface area contributed by atoms with Gasteiger partial charge in [0.25, 0.3) is 5.91 Å². The zero-order chi connectivity index (χ0) is 19.2. The molecule has 138 valence electrons. The maximum Gasteiger partial charge on any atom is 0.274 e. The summed E-state index contributed by atoms with van der Waals surface area (Å²) in [6.07, 6.45) is 0.850. The summed E-state index contributed by atoms with van der Waals surface area (Å²) in [5.41, 5.74) is 4.66. The molecule has 5 heteroatoms. The quantitative estimate of drug-likeness (QED) is 0.678. The van der Waals surface area contributed by atoms with E-state index in [9.17, 15) is 4.79 Å². The summed E-state index contributed by atoms with van der Waals surface area (Å²) in [5.74, 6) is 0.957. The molecule has 0 atom stereocenters. The lowest BCUT2D eigenvalue weighted by Gasteiger charge is -2.12. The van der Waals surface area contributed by atoms with Crippen LogP contribution in [0.15, 0.2) is 54.6 Å². The summed E-state index contributed by atoms with van der Waals surface area (Å²) in [6.45, 7) is 6.57. The molecule has 1 heterocycles. The molecule has 0 radical (unpaired) electrons. The van der Waals surface area contributed by atoms with E-state index in [1.54, 1.807) is 13.0 Å². The Kier molecular flexibility index (Phi) is 5.81. The first-order valence-electron chi connectivity index (χ1n) is 9.10. The molecule has 0 aliphatic rings. The Bertz CT molecular complexity index is 953. The number of nitrogens with one attached hydrogen (secondary N) is 2. The normalized spacial score (nSPS) is 10.5. The van der Waals surface area contributed by atoms with Crippen LogP contribution in [-0.4, -0.2) is 15.9 Å². The average molecular weight is 360 g/mol. The van der Waals surface area contributed by atoms with E-state index in [-0.39, 0.29) is 5.91 Å². The molecule has 3 rings (SSSR count). The number of amides is 1. The average Bonchev–Trinajstić information content (AvgIpc) is 2.67. The van der Waals surface area contributed by atoms with Crippen molar-refractivity contribution in [3.63, 3.8) is 0 Å². The van der Waals surface area contributed by atoms with Crippen molar-refractivity contribution in [3.05, 3.63) is 82.8 Å². The third kappa shape index (κ3) is 4.70. The van der Waals surface area contributed by atoms with Gasteiger partial charge in [-0.25, -0.2) is 9.97 Å². The van der Waals surface area contributed by atoms with Gasteiger partial charge in [-0.3, -0.25) is 4.79 Å². The van der Waals surface area contributed by atoms with Crippen LogP contribution < -0.4 is 10.6 Å². The van der Waals surface area contributed by atoms with E-state index >= 15 is 0 Å². The maximum absolute atomic E-state index is 12.7. The first kappa shape index (κ1) is 18.6. The second-order valence-corrected chi connectivity index (χ2v) is 6.43. The van der Waals surface area contributed by atoms with Crippen LogP contribution >= 0.6 is 0 Å². The number of hydrogen-bond acceptors (Lipinski definition) is 4. The van der Waals surface area contributed by atoms with Crippen molar-refractivity contribution in [2.24, 2.45) is 0 Å². The highest BCUT2D eigenvalue weighted by molar-refractivity contribution is 6.03. The predicted octanol–water partition coefficient (Wildman–Crippen LogP) is 4.52. The molecule has 0 aliphatic carbocycles. The molecule has 27 heavy (non-hydrogen) atoms. The van der Waals surface area contributed by atoms with Gasteiger partial charge < -0.3 is 10.6 Å². The Labute approximate surface area is 159 Å². The molecule has 5 nitrogen and oxygen atoms in total. The van der Waals surface area contributed by atoms with Gasteiger partial charge in [0.2, 0.25) is 0 Å². The lowest BCUT2D eigenvalue weighted by Crippen LogP contribution is -2.16. The number of hydrogen-bond donors (Lipinski definition) is 2. The van der Waals surface area contributed by atoms with E-state index in [1.807, 2.05) is 36.4 Å². The molecule has 0 bridgehead atoms. The molecule has 0 aliphatic heterocycles. The molecule has 2 aromatic carbocycles. The van der Waals surface area contributed by atoms with E-state index < -0.39 is 0 Å². The minimum absolute atomic E-state index is 0.236. The van der Waals surface area contributed by atoms with E-state index in [0.29, 0.717) is 23.9 Å². The first-order chi connectivity index (χ1) is 13.1. The smallest absolute Gasteiger partial charge is 0.274 e. The third-order valence-corrected chi connectivity index (χ3v) is 4.44. The maximum atomic E-state index is 12.7. The molecule has 3 aromatic rings. The Morgan fingerprint density at radius 3 is 2.41 bits per heavy atom. The summed E-state index contributed by atoms with van der Waals surface area (Å²) in [7, 11) is 0. The number of benzene rings is 2. The van der Waals surface area contributed by atoms with Gasteiger partial charge in [0.05, 0.1) is 0 Å². The molecule has 0 fully saturated rings. The predicted molar refractivity (Wildman–Crippen MR) is 109 cm³/mol. The number of carbonyl (C=O) groups is 1. The van der Waals surface area contributed by atoms with Gasteiger partial charge in [0, 0.05) is 18.3 Å². The Morgan fingerprint density at radius 2 is 1.67 bits per heavy atom. The molecular formula is C22H24N4O. The molecule has 2 N–H and O–H groups in total. The molecule has 0 unspecified atom stereocenters. The second kappa shape index (κ2) is 8.45. The Hall–Kier alpha value is -3.21. The van der Waals surface area contributed by atoms with Crippen molar-refractivity contribution in [1.29, 1.82) is 0 Å². The van der Waals surface area contributed by atoms with Gasteiger partial charge in [0.15, 0.2) is 0 Å². The number of para-hydroxylation sites is 1. The van der Waals surface area contributed by atoms with E-state index in [4.69, 9.17) is 0 Å². The van der Waals surface area contributed by atoms with Gasteiger partial charge in [0.1, 0.15) is 17.3 Å². The minimum atomic E-state index is -0.236. The zero-order valence-electron chi connectivity index (χ0n) is 15.9. The standard InChI is InChI=1S/C22H24N4O/c1-4-17-10-7-8-12-19(17)26-22(27)20-13-21(25-16(3)24-20)23-14-18-11-6-5-9-15(18)2/h5-13H,4,14H2,1-3H3,(H,26,27)(H,23,24,25). The van der Waals surface area contributed by atoms with E-state index in [2.05, 4.69) is 46.6 Å². The van der Waals surface area contributed by atoms with Crippen LogP contribution in [0.5, 0.6) is 0 Å². The fourth-order valence-electron chi connectivity index (χ4n) is 2.91. The van der Waals surface area contributed by atoms with Gasteiger partial charge in [-0.15, -0.1) is 0 Å². The lowest BCUT2D eigenvalue weighted by atomic mass is 10.1. The number of anilines is 2. The SMILES string of the molecule is CCc1ccccc1NC(=O)c1cc(NCc2ccccc2C)nc(C)n1. The molecular weight excluding hydrogens is 336 g/mol. The molecule has 0 spiro atoms. The molecule has 1 amide bonds. The number of aromatic nitrogens is 2.